The first-order valence-corrected chi connectivity index (χ1v) is 11.6. The first-order chi connectivity index (χ1) is 14.9. The quantitative estimate of drug-likeness (QED) is 0.261. The molecule has 8 heteroatoms. The highest BCUT2D eigenvalue weighted by Gasteiger charge is 2.28. The molecule has 2 unspecified atom stereocenters. The third-order valence-electron chi connectivity index (χ3n) is 5.83. The molecule has 182 valence electrons. The summed E-state index contributed by atoms with van der Waals surface area (Å²) in [6.07, 6.45) is 0.943. The molecular weight excluding hydrogens is 517 g/mol. The lowest BCUT2D eigenvalue weighted by molar-refractivity contribution is -0.133. The van der Waals surface area contributed by atoms with Crippen LogP contribution in [0.2, 0.25) is 0 Å². The van der Waals surface area contributed by atoms with Gasteiger partial charge in [0.15, 0.2) is 5.96 Å². The number of methoxy groups -OCH3 is 1. The van der Waals surface area contributed by atoms with Crippen LogP contribution < -0.4 is 15.4 Å². The van der Waals surface area contributed by atoms with Crippen molar-refractivity contribution in [2.24, 2.45) is 10.9 Å². The van der Waals surface area contributed by atoms with Crippen LogP contribution in [0.15, 0.2) is 29.3 Å². The minimum Gasteiger partial charge on any atom is -0.497 e. The summed E-state index contributed by atoms with van der Waals surface area (Å²) in [5, 5.41) is 6.92. The van der Waals surface area contributed by atoms with Gasteiger partial charge in [-0.25, -0.2) is 0 Å². The summed E-state index contributed by atoms with van der Waals surface area (Å²) in [5.41, 5.74) is 1.21. The molecule has 1 heterocycles. The number of benzene rings is 1. The number of aliphatic imine (C=N–C) groups is 1. The van der Waals surface area contributed by atoms with Gasteiger partial charge in [-0.1, -0.05) is 39.8 Å². The molecule has 1 saturated heterocycles. The second-order valence-corrected chi connectivity index (χ2v) is 8.30. The Morgan fingerprint density at radius 3 is 2.59 bits per heavy atom. The van der Waals surface area contributed by atoms with Crippen LogP contribution in [-0.4, -0.2) is 74.1 Å². The second-order valence-electron chi connectivity index (χ2n) is 8.30. The summed E-state index contributed by atoms with van der Waals surface area (Å²) in [6, 6.07) is 8.66. The molecular formula is C24H42IN5O2. The number of ether oxygens (including phenoxy) is 1. The summed E-state index contributed by atoms with van der Waals surface area (Å²) >= 11 is 0. The Kier molecular flexibility index (Phi) is 13.0. The lowest BCUT2D eigenvalue weighted by atomic mass is 10.0. The number of carbonyl (C=O) groups is 1. The lowest BCUT2D eigenvalue weighted by Gasteiger charge is -2.29. The maximum absolute atomic E-state index is 12.3. The Labute approximate surface area is 211 Å². The molecule has 2 rings (SSSR count). The standard InChI is InChI=1S/C24H41N5O2.HI/c1-7-25-24(27-20-13-14-29(17-20)23(30)18(4)5)26-16-22(28(8-2)9-3)19-11-10-12-21(15-19)31-6;/h10-12,15,18,20,22H,7-9,13-14,16-17H2,1-6H3,(H2,25,26,27);1H. The third-order valence-corrected chi connectivity index (χ3v) is 5.83. The van der Waals surface area contributed by atoms with E-state index in [2.05, 4.69) is 48.4 Å². The van der Waals surface area contributed by atoms with Crippen molar-refractivity contribution in [3.63, 3.8) is 0 Å². The molecule has 0 aromatic heterocycles. The van der Waals surface area contributed by atoms with Gasteiger partial charge in [0.2, 0.25) is 5.91 Å². The number of likely N-dealkylation sites (N-methyl/N-ethyl adjacent to an activating group) is 1. The van der Waals surface area contributed by atoms with E-state index in [-0.39, 0.29) is 47.9 Å². The lowest BCUT2D eigenvalue weighted by Crippen LogP contribution is -2.45. The Hall–Kier alpha value is -1.55. The van der Waals surface area contributed by atoms with E-state index in [0.29, 0.717) is 6.54 Å². The molecule has 1 aromatic carbocycles. The fraction of sp³-hybridized carbons (Fsp3) is 0.667. The van der Waals surface area contributed by atoms with Crippen LogP contribution in [0, 0.1) is 5.92 Å². The van der Waals surface area contributed by atoms with Crippen molar-refractivity contribution < 1.29 is 9.53 Å². The van der Waals surface area contributed by atoms with Crippen molar-refractivity contribution in [1.29, 1.82) is 0 Å². The van der Waals surface area contributed by atoms with Crippen molar-refractivity contribution in [1.82, 2.24) is 20.4 Å². The van der Waals surface area contributed by atoms with Crippen LogP contribution in [0.25, 0.3) is 0 Å². The fourth-order valence-corrected chi connectivity index (χ4v) is 4.08. The number of nitrogens with one attached hydrogen (secondary N) is 2. The molecule has 1 aliphatic heterocycles. The number of amides is 1. The largest absolute Gasteiger partial charge is 0.497 e. The number of hydrogen-bond donors (Lipinski definition) is 2. The molecule has 2 N–H and O–H groups in total. The predicted molar refractivity (Wildman–Crippen MR) is 143 cm³/mol. The van der Waals surface area contributed by atoms with Gasteiger partial charge in [-0.3, -0.25) is 14.7 Å². The van der Waals surface area contributed by atoms with E-state index >= 15 is 0 Å². The molecule has 1 amide bonds. The SMILES string of the molecule is CCNC(=NCC(c1cccc(OC)c1)N(CC)CC)NC1CCN(C(=O)C(C)C)C1.I. The van der Waals surface area contributed by atoms with Crippen molar-refractivity contribution in [3.05, 3.63) is 29.8 Å². The molecule has 2 atom stereocenters. The molecule has 0 aliphatic carbocycles. The van der Waals surface area contributed by atoms with E-state index < -0.39 is 0 Å². The van der Waals surface area contributed by atoms with Gasteiger partial charge < -0.3 is 20.3 Å². The smallest absolute Gasteiger partial charge is 0.225 e. The van der Waals surface area contributed by atoms with Crippen LogP contribution in [0.3, 0.4) is 0 Å². The average Bonchev–Trinajstić information content (AvgIpc) is 3.24. The number of guanidine groups is 1. The highest BCUT2D eigenvalue weighted by Crippen LogP contribution is 2.24. The first kappa shape index (κ1) is 28.5. The molecule has 32 heavy (non-hydrogen) atoms. The number of halogens is 1. The fourth-order valence-electron chi connectivity index (χ4n) is 4.08. The summed E-state index contributed by atoms with van der Waals surface area (Å²) < 4.78 is 5.44. The van der Waals surface area contributed by atoms with E-state index in [1.54, 1.807) is 7.11 Å². The van der Waals surface area contributed by atoms with Gasteiger partial charge >= 0.3 is 0 Å². The Morgan fingerprint density at radius 1 is 1.28 bits per heavy atom. The second kappa shape index (κ2) is 14.6. The highest BCUT2D eigenvalue weighted by molar-refractivity contribution is 14.0. The number of rotatable bonds is 10. The zero-order valence-corrected chi connectivity index (χ0v) is 22.9. The van der Waals surface area contributed by atoms with Crippen molar-refractivity contribution in [2.45, 2.75) is 53.1 Å². The summed E-state index contributed by atoms with van der Waals surface area (Å²) in [5.74, 6) is 1.94. The van der Waals surface area contributed by atoms with Gasteiger partial charge in [0.25, 0.3) is 0 Å². The van der Waals surface area contributed by atoms with Crippen molar-refractivity contribution in [3.8, 4) is 5.75 Å². The topological polar surface area (TPSA) is 69.2 Å². The van der Waals surface area contributed by atoms with Gasteiger partial charge in [0.1, 0.15) is 5.75 Å². The van der Waals surface area contributed by atoms with E-state index in [0.717, 1.165) is 50.9 Å². The summed E-state index contributed by atoms with van der Waals surface area (Å²) in [4.78, 5) is 21.6. The Bertz CT molecular complexity index is 724. The number of hydrogen-bond acceptors (Lipinski definition) is 4. The monoisotopic (exact) mass is 559 g/mol. The number of nitrogens with zero attached hydrogens (tertiary/aromatic N) is 3. The van der Waals surface area contributed by atoms with E-state index in [9.17, 15) is 4.79 Å². The molecule has 1 aliphatic rings. The van der Waals surface area contributed by atoms with Crippen LogP contribution >= 0.6 is 24.0 Å². The van der Waals surface area contributed by atoms with Crippen molar-refractivity contribution in [2.75, 3.05) is 46.4 Å². The predicted octanol–water partition coefficient (Wildman–Crippen LogP) is 3.51. The van der Waals surface area contributed by atoms with Gasteiger partial charge in [-0.15, -0.1) is 24.0 Å². The van der Waals surface area contributed by atoms with Gasteiger partial charge in [-0.2, -0.15) is 0 Å². The van der Waals surface area contributed by atoms with Gasteiger partial charge in [0.05, 0.1) is 19.7 Å². The minimum absolute atomic E-state index is 0. The highest BCUT2D eigenvalue weighted by atomic mass is 127. The summed E-state index contributed by atoms with van der Waals surface area (Å²) in [6.45, 7) is 15.2. The van der Waals surface area contributed by atoms with E-state index in [1.165, 1.54) is 5.56 Å². The van der Waals surface area contributed by atoms with Crippen LogP contribution in [-0.2, 0) is 4.79 Å². The molecule has 0 bridgehead atoms. The Morgan fingerprint density at radius 2 is 2.00 bits per heavy atom. The van der Waals surface area contributed by atoms with E-state index in [4.69, 9.17) is 9.73 Å². The van der Waals surface area contributed by atoms with E-state index in [1.807, 2.05) is 30.9 Å². The molecule has 1 aromatic rings. The molecule has 7 nitrogen and oxygen atoms in total. The normalized spacial score (nSPS) is 17.3. The average molecular weight is 560 g/mol. The number of carbonyl (C=O) groups excluding carboxylic acids is 1. The van der Waals surface area contributed by atoms with Gasteiger partial charge in [0, 0.05) is 31.6 Å². The maximum atomic E-state index is 12.3. The third kappa shape index (κ3) is 8.10. The van der Waals surface area contributed by atoms with Crippen LogP contribution in [0.1, 0.15) is 52.6 Å². The van der Waals surface area contributed by atoms with Crippen LogP contribution in [0.4, 0.5) is 0 Å². The molecule has 0 radical (unpaired) electrons. The van der Waals surface area contributed by atoms with Crippen molar-refractivity contribution >= 4 is 35.8 Å². The minimum atomic E-state index is 0. The zero-order chi connectivity index (χ0) is 22.8. The maximum Gasteiger partial charge on any atom is 0.225 e. The zero-order valence-electron chi connectivity index (χ0n) is 20.6. The molecule has 0 saturated carbocycles. The Balaban J connectivity index is 0.00000512. The first-order valence-electron chi connectivity index (χ1n) is 11.6. The summed E-state index contributed by atoms with van der Waals surface area (Å²) in [7, 11) is 1.70. The molecule has 0 spiro atoms. The molecule has 1 fully saturated rings. The van der Waals surface area contributed by atoms with Crippen LogP contribution in [0.5, 0.6) is 5.75 Å². The van der Waals surface area contributed by atoms with Gasteiger partial charge in [-0.05, 0) is 44.1 Å². The number of likely N-dealkylation sites (tertiary alicyclic amines) is 1.